The molecule has 0 radical (unpaired) electrons. The Morgan fingerprint density at radius 1 is 0.590 bits per heavy atom. The zero-order valence-electron chi connectivity index (χ0n) is 29.1. The van der Waals surface area contributed by atoms with Crippen LogP contribution in [0.3, 0.4) is 0 Å². The summed E-state index contributed by atoms with van der Waals surface area (Å²) in [6.07, 6.45) is 22.1. The summed E-state index contributed by atoms with van der Waals surface area (Å²) in [6, 6.07) is 0. The second-order valence-corrected chi connectivity index (χ2v) is 11.6. The van der Waals surface area contributed by atoms with Gasteiger partial charge in [0.2, 0.25) is 0 Å². The van der Waals surface area contributed by atoms with Gasteiger partial charge in [-0.1, -0.05) is 129 Å². The van der Waals surface area contributed by atoms with Crippen molar-refractivity contribution >= 4 is 22.1 Å². The standard InChI is InChI=1S/C28H54O7S.3Na.3H/c1-3-5-7-9-11-13-15-17-19-21-23-34-27(29)25-26(36(31,32)33)28(30)35-24-22-20-18-16-14-12-10-8-6-4-2;;;;;;/h26H,3-25H2,1-2H3,(H,31,32,33);;;;;;/q;3*+1;3*-1. The molecule has 0 heterocycles. The molecule has 0 saturated carbocycles. The van der Waals surface area contributed by atoms with E-state index in [1.165, 1.54) is 77.0 Å². The molecule has 0 aliphatic heterocycles. The minimum absolute atomic E-state index is 0. The van der Waals surface area contributed by atoms with Crippen molar-refractivity contribution in [2.24, 2.45) is 0 Å². The molecule has 0 saturated heterocycles. The Bertz CT molecular complexity index is 665. The molecule has 7 nitrogen and oxygen atoms in total. The summed E-state index contributed by atoms with van der Waals surface area (Å²) < 4.78 is 42.7. The molecule has 1 N–H and O–H groups in total. The molecule has 0 aliphatic carbocycles. The molecule has 39 heavy (non-hydrogen) atoms. The monoisotopic (exact) mass is 606 g/mol. The van der Waals surface area contributed by atoms with Crippen molar-refractivity contribution in [1.29, 1.82) is 0 Å². The first-order valence-corrected chi connectivity index (χ1v) is 16.1. The maximum Gasteiger partial charge on any atom is 1.00 e. The summed E-state index contributed by atoms with van der Waals surface area (Å²) in [5.41, 5.74) is 0. The zero-order valence-corrected chi connectivity index (χ0v) is 33.0. The van der Waals surface area contributed by atoms with E-state index in [0.717, 1.165) is 38.5 Å². The van der Waals surface area contributed by atoms with Crippen LogP contribution in [-0.4, -0.2) is 43.4 Å². The van der Waals surface area contributed by atoms with E-state index in [4.69, 9.17) is 9.47 Å². The van der Waals surface area contributed by atoms with Gasteiger partial charge in [-0.05, 0) is 12.8 Å². The van der Waals surface area contributed by atoms with E-state index in [-0.39, 0.29) is 106 Å². The van der Waals surface area contributed by atoms with Gasteiger partial charge in [-0.25, -0.2) is 0 Å². The van der Waals surface area contributed by atoms with Crippen molar-refractivity contribution in [3.05, 3.63) is 0 Å². The van der Waals surface area contributed by atoms with Crippen LogP contribution in [-0.2, 0) is 29.2 Å². The summed E-state index contributed by atoms with van der Waals surface area (Å²) in [4.78, 5) is 24.2. The van der Waals surface area contributed by atoms with Crippen molar-refractivity contribution in [2.75, 3.05) is 13.2 Å². The van der Waals surface area contributed by atoms with E-state index in [9.17, 15) is 22.6 Å². The van der Waals surface area contributed by atoms with Gasteiger partial charge in [0, 0.05) is 0 Å². The maximum absolute atomic E-state index is 12.2. The Labute approximate surface area is 310 Å². The molecule has 0 amide bonds. The number of esters is 2. The molecular weight excluding hydrogens is 549 g/mol. The SMILES string of the molecule is CCCCCCCCCCCCOC(=O)CC(C(=O)OCCCCCCCCCCCC)S(=O)(=O)O.[H-].[H-].[H-].[Na+].[Na+].[Na+]. The van der Waals surface area contributed by atoms with Gasteiger partial charge >= 0.3 is 101 Å². The maximum atomic E-state index is 12.2. The molecule has 0 fully saturated rings. The van der Waals surface area contributed by atoms with Gasteiger partial charge < -0.3 is 13.8 Å². The summed E-state index contributed by atoms with van der Waals surface area (Å²) in [5.74, 6) is -1.91. The average Bonchev–Trinajstić information content (AvgIpc) is 2.83. The number of hydrogen-bond acceptors (Lipinski definition) is 6. The first-order chi connectivity index (χ1) is 17.3. The van der Waals surface area contributed by atoms with Gasteiger partial charge in [0.15, 0.2) is 5.25 Å². The predicted molar refractivity (Wildman–Crippen MR) is 149 cm³/mol. The predicted octanol–water partition coefficient (Wildman–Crippen LogP) is -1.09. The number of carbonyl (C=O) groups excluding carboxylic acids is 2. The Morgan fingerprint density at radius 3 is 1.23 bits per heavy atom. The fourth-order valence-electron chi connectivity index (χ4n) is 4.15. The van der Waals surface area contributed by atoms with Gasteiger partial charge in [0.05, 0.1) is 19.6 Å². The second kappa shape index (κ2) is 34.3. The fraction of sp³-hybridized carbons (Fsp3) is 0.929. The quantitative estimate of drug-likeness (QED) is 0.0578. The summed E-state index contributed by atoms with van der Waals surface area (Å²) >= 11 is 0. The molecule has 0 bridgehead atoms. The van der Waals surface area contributed by atoms with E-state index < -0.39 is 33.7 Å². The van der Waals surface area contributed by atoms with Crippen LogP contribution in [0.25, 0.3) is 0 Å². The van der Waals surface area contributed by atoms with Crippen molar-refractivity contribution in [1.82, 2.24) is 0 Å². The molecule has 0 aromatic rings. The summed E-state index contributed by atoms with van der Waals surface area (Å²) in [6.45, 7) is 4.67. The Kier molecular flexibility index (Phi) is 42.1. The smallest absolute Gasteiger partial charge is 1.00 e. The van der Waals surface area contributed by atoms with Gasteiger partial charge in [0.1, 0.15) is 0 Å². The van der Waals surface area contributed by atoms with Gasteiger partial charge in [0.25, 0.3) is 10.1 Å². The normalized spacial score (nSPS) is 11.5. The van der Waals surface area contributed by atoms with Crippen LogP contribution in [0.4, 0.5) is 0 Å². The van der Waals surface area contributed by atoms with E-state index in [0.29, 0.717) is 12.8 Å². The number of carbonyl (C=O) groups is 2. The zero-order chi connectivity index (χ0) is 26.9. The van der Waals surface area contributed by atoms with Crippen LogP contribution in [0, 0.1) is 0 Å². The minimum Gasteiger partial charge on any atom is -1.00 e. The molecule has 0 aromatic heterocycles. The average molecular weight is 607 g/mol. The molecule has 1 unspecified atom stereocenters. The molecule has 1 atom stereocenters. The van der Waals surface area contributed by atoms with E-state index in [1.807, 2.05) is 0 Å². The molecule has 220 valence electrons. The number of ether oxygens (including phenoxy) is 2. The Morgan fingerprint density at radius 2 is 0.897 bits per heavy atom. The summed E-state index contributed by atoms with van der Waals surface area (Å²) in [7, 11) is -4.75. The van der Waals surface area contributed by atoms with Crippen molar-refractivity contribution in [2.45, 2.75) is 154 Å². The van der Waals surface area contributed by atoms with Crippen LogP contribution in [0.15, 0.2) is 0 Å². The molecular formula is C28H57Na3O7S. The third kappa shape index (κ3) is 32.6. The Hall–Kier alpha value is 1.85. The van der Waals surface area contributed by atoms with Crippen molar-refractivity contribution < 1.29 is 125 Å². The first kappa shape index (κ1) is 47.8. The third-order valence-electron chi connectivity index (χ3n) is 6.48. The van der Waals surface area contributed by atoms with Crippen LogP contribution < -0.4 is 88.7 Å². The van der Waals surface area contributed by atoms with E-state index in [1.54, 1.807) is 0 Å². The number of rotatable bonds is 26. The van der Waals surface area contributed by atoms with Gasteiger partial charge in [-0.3, -0.25) is 14.1 Å². The fourth-order valence-corrected chi connectivity index (χ4v) is 4.81. The van der Waals surface area contributed by atoms with E-state index in [2.05, 4.69) is 13.8 Å². The van der Waals surface area contributed by atoms with Gasteiger partial charge in [-0.2, -0.15) is 8.42 Å². The molecule has 0 rings (SSSR count). The topological polar surface area (TPSA) is 107 Å². The molecule has 0 aromatic carbocycles. The second-order valence-electron chi connectivity index (χ2n) is 9.96. The van der Waals surface area contributed by atoms with Crippen molar-refractivity contribution in [3.8, 4) is 0 Å². The number of unbranched alkanes of at least 4 members (excludes halogenated alkanes) is 18. The molecule has 0 aliphatic rings. The van der Waals surface area contributed by atoms with Crippen LogP contribution >= 0.6 is 0 Å². The third-order valence-corrected chi connectivity index (χ3v) is 7.56. The largest absolute Gasteiger partial charge is 1.00 e. The molecule has 0 spiro atoms. The van der Waals surface area contributed by atoms with E-state index >= 15 is 0 Å². The first-order valence-electron chi connectivity index (χ1n) is 14.6. The number of hydrogen-bond donors (Lipinski definition) is 1. The molecule has 11 heteroatoms. The van der Waals surface area contributed by atoms with Gasteiger partial charge in [-0.15, -0.1) is 0 Å². The minimum atomic E-state index is -4.75. The van der Waals surface area contributed by atoms with Crippen molar-refractivity contribution in [3.63, 3.8) is 0 Å². The van der Waals surface area contributed by atoms with Crippen LogP contribution in [0.5, 0.6) is 0 Å². The summed E-state index contributed by atoms with van der Waals surface area (Å²) in [5, 5.41) is -1.93. The Balaban J connectivity index is -0.000000408. The van der Waals surface area contributed by atoms with Crippen LogP contribution in [0.2, 0.25) is 0 Å². The van der Waals surface area contributed by atoms with Crippen LogP contribution in [0.1, 0.15) is 153 Å².